The zero-order valence-corrected chi connectivity index (χ0v) is 17.5. The molecule has 0 radical (unpaired) electrons. The van der Waals surface area contributed by atoms with Gasteiger partial charge < -0.3 is 24.6 Å². The Bertz CT molecular complexity index is 852. The molecule has 2 saturated heterocycles. The molecule has 9 nitrogen and oxygen atoms in total. The van der Waals surface area contributed by atoms with Crippen LogP contribution in [0.1, 0.15) is 18.9 Å². The minimum atomic E-state index is -0.631. The molecule has 0 aromatic heterocycles. The number of piperazine rings is 1. The fourth-order valence-corrected chi connectivity index (χ4v) is 4.30. The van der Waals surface area contributed by atoms with Crippen LogP contribution in [0.25, 0.3) is 0 Å². The summed E-state index contributed by atoms with van der Waals surface area (Å²) in [6.45, 7) is 5.96. The highest BCUT2D eigenvalue weighted by molar-refractivity contribution is 6.35. The number of hydrogen-bond acceptors (Lipinski definition) is 6. The highest BCUT2D eigenvalue weighted by atomic mass is 16.7. The Hall–Kier alpha value is -2.81. The second-order valence-corrected chi connectivity index (χ2v) is 8.37. The van der Waals surface area contributed by atoms with Crippen LogP contribution in [0.3, 0.4) is 0 Å². The van der Waals surface area contributed by atoms with Crippen LogP contribution in [-0.4, -0.2) is 85.5 Å². The maximum atomic E-state index is 12.7. The molecular weight excluding hydrogens is 388 g/mol. The van der Waals surface area contributed by atoms with Crippen molar-refractivity contribution in [1.29, 1.82) is 0 Å². The van der Waals surface area contributed by atoms with E-state index in [-0.39, 0.29) is 19.2 Å². The number of nitrogens with zero attached hydrogens (tertiary/aromatic N) is 3. The number of likely N-dealkylation sites (tertiary alicyclic amines) is 1. The number of fused-ring (bicyclic) bond motifs is 1. The number of hydrogen-bond donors (Lipinski definition) is 1. The maximum absolute atomic E-state index is 12.7. The van der Waals surface area contributed by atoms with Crippen molar-refractivity contribution in [3.8, 4) is 11.5 Å². The molecule has 30 heavy (non-hydrogen) atoms. The van der Waals surface area contributed by atoms with E-state index in [0.717, 1.165) is 23.6 Å². The van der Waals surface area contributed by atoms with E-state index in [1.54, 1.807) is 11.9 Å². The van der Waals surface area contributed by atoms with E-state index < -0.39 is 17.2 Å². The van der Waals surface area contributed by atoms with Gasteiger partial charge in [0.05, 0.1) is 5.41 Å². The third-order valence-corrected chi connectivity index (χ3v) is 6.22. The quantitative estimate of drug-likeness (QED) is 0.700. The SMILES string of the molecule is CNC(=O)C1(C)CCN(C(=O)C(=O)N2CCN(Cc3ccc4c(c3)OCO4)CC2)C1. The van der Waals surface area contributed by atoms with Crippen molar-refractivity contribution in [3.05, 3.63) is 23.8 Å². The zero-order valence-electron chi connectivity index (χ0n) is 17.5. The fourth-order valence-electron chi connectivity index (χ4n) is 4.30. The van der Waals surface area contributed by atoms with Gasteiger partial charge in [0.25, 0.3) is 0 Å². The van der Waals surface area contributed by atoms with Gasteiger partial charge in [-0.1, -0.05) is 6.07 Å². The van der Waals surface area contributed by atoms with Crippen molar-refractivity contribution in [3.63, 3.8) is 0 Å². The molecule has 0 aliphatic carbocycles. The lowest BCUT2D eigenvalue weighted by Gasteiger charge is -2.35. The second kappa shape index (κ2) is 8.14. The fraction of sp³-hybridized carbons (Fsp3) is 0.571. The maximum Gasteiger partial charge on any atom is 0.312 e. The number of benzene rings is 1. The van der Waals surface area contributed by atoms with Crippen LogP contribution in [0.4, 0.5) is 0 Å². The molecule has 4 rings (SSSR count). The summed E-state index contributed by atoms with van der Waals surface area (Å²) in [6.07, 6.45) is 0.564. The van der Waals surface area contributed by atoms with Crippen LogP contribution < -0.4 is 14.8 Å². The number of ether oxygens (including phenoxy) is 2. The minimum absolute atomic E-state index is 0.0950. The summed E-state index contributed by atoms with van der Waals surface area (Å²) in [5.74, 6) is 0.455. The highest BCUT2D eigenvalue weighted by Crippen LogP contribution is 2.33. The molecular formula is C21H28N4O5. The van der Waals surface area contributed by atoms with Crippen molar-refractivity contribution >= 4 is 17.7 Å². The van der Waals surface area contributed by atoms with Crippen molar-refractivity contribution in [2.45, 2.75) is 19.9 Å². The lowest BCUT2D eigenvalue weighted by Crippen LogP contribution is -2.53. The molecule has 3 aliphatic heterocycles. The molecule has 1 aromatic carbocycles. The van der Waals surface area contributed by atoms with Gasteiger partial charge >= 0.3 is 11.8 Å². The van der Waals surface area contributed by atoms with Crippen molar-refractivity contribution < 1.29 is 23.9 Å². The Morgan fingerprint density at radius 2 is 1.70 bits per heavy atom. The van der Waals surface area contributed by atoms with E-state index >= 15 is 0 Å². The molecule has 1 N–H and O–H groups in total. The molecule has 1 aromatic rings. The number of nitrogens with one attached hydrogen (secondary N) is 1. The Morgan fingerprint density at radius 3 is 2.43 bits per heavy atom. The minimum Gasteiger partial charge on any atom is -0.454 e. The van der Waals surface area contributed by atoms with Gasteiger partial charge in [-0.2, -0.15) is 0 Å². The topological polar surface area (TPSA) is 91.4 Å². The largest absolute Gasteiger partial charge is 0.454 e. The Labute approximate surface area is 175 Å². The van der Waals surface area contributed by atoms with E-state index in [1.807, 2.05) is 25.1 Å². The molecule has 0 spiro atoms. The monoisotopic (exact) mass is 416 g/mol. The lowest BCUT2D eigenvalue weighted by molar-refractivity contribution is -0.152. The number of carbonyl (C=O) groups excluding carboxylic acids is 3. The lowest BCUT2D eigenvalue weighted by atomic mass is 9.89. The Morgan fingerprint density at radius 1 is 1.00 bits per heavy atom. The van der Waals surface area contributed by atoms with Gasteiger partial charge in [-0.3, -0.25) is 19.3 Å². The highest BCUT2D eigenvalue weighted by Gasteiger charge is 2.43. The number of amides is 3. The van der Waals surface area contributed by atoms with Crippen LogP contribution in [0.15, 0.2) is 18.2 Å². The first kappa shape index (κ1) is 20.5. The van der Waals surface area contributed by atoms with Gasteiger partial charge in [0.15, 0.2) is 11.5 Å². The van der Waals surface area contributed by atoms with Crippen molar-refractivity contribution in [1.82, 2.24) is 20.0 Å². The van der Waals surface area contributed by atoms with Crippen LogP contribution in [0, 0.1) is 5.41 Å². The van der Waals surface area contributed by atoms with E-state index in [1.165, 1.54) is 4.90 Å². The Balaban J connectivity index is 1.28. The normalized spacial score (nSPS) is 23.5. The van der Waals surface area contributed by atoms with Gasteiger partial charge in [-0.05, 0) is 31.0 Å². The first-order valence-electron chi connectivity index (χ1n) is 10.3. The van der Waals surface area contributed by atoms with Gasteiger partial charge in [-0.25, -0.2) is 0 Å². The molecule has 162 valence electrons. The van der Waals surface area contributed by atoms with E-state index in [4.69, 9.17) is 9.47 Å². The summed E-state index contributed by atoms with van der Waals surface area (Å²) in [7, 11) is 1.59. The summed E-state index contributed by atoms with van der Waals surface area (Å²) in [5, 5.41) is 2.65. The average Bonchev–Trinajstić information content (AvgIpc) is 3.39. The molecule has 1 unspecified atom stereocenters. The summed E-state index contributed by atoms with van der Waals surface area (Å²) in [6, 6.07) is 5.92. The van der Waals surface area contributed by atoms with Gasteiger partial charge in [0.1, 0.15) is 0 Å². The summed E-state index contributed by atoms with van der Waals surface area (Å²) >= 11 is 0. The standard InChI is InChI=1S/C21H28N4O5/c1-21(20(28)22-2)5-6-25(13-21)19(27)18(26)24-9-7-23(8-10-24)12-15-3-4-16-17(11-15)30-14-29-16/h3-4,11H,5-10,12-14H2,1-2H3,(H,22,28). The van der Waals surface area contributed by atoms with Crippen LogP contribution in [-0.2, 0) is 20.9 Å². The number of carbonyl (C=O) groups is 3. The van der Waals surface area contributed by atoms with E-state index in [0.29, 0.717) is 39.1 Å². The molecule has 0 bridgehead atoms. The van der Waals surface area contributed by atoms with E-state index in [2.05, 4.69) is 10.2 Å². The first-order chi connectivity index (χ1) is 14.4. The molecule has 2 fully saturated rings. The summed E-state index contributed by atoms with van der Waals surface area (Å²) < 4.78 is 10.8. The third-order valence-electron chi connectivity index (χ3n) is 6.22. The molecule has 3 amide bonds. The van der Waals surface area contributed by atoms with Crippen LogP contribution in [0.5, 0.6) is 11.5 Å². The summed E-state index contributed by atoms with van der Waals surface area (Å²) in [5.41, 5.74) is 0.495. The van der Waals surface area contributed by atoms with Gasteiger partial charge in [0, 0.05) is 52.9 Å². The molecule has 9 heteroatoms. The summed E-state index contributed by atoms with van der Waals surface area (Å²) in [4.78, 5) is 42.8. The van der Waals surface area contributed by atoms with Gasteiger partial charge in [-0.15, -0.1) is 0 Å². The van der Waals surface area contributed by atoms with Crippen LogP contribution in [0.2, 0.25) is 0 Å². The third kappa shape index (κ3) is 3.94. The predicted molar refractivity (Wildman–Crippen MR) is 108 cm³/mol. The van der Waals surface area contributed by atoms with E-state index in [9.17, 15) is 14.4 Å². The van der Waals surface area contributed by atoms with Crippen molar-refractivity contribution in [2.24, 2.45) is 5.41 Å². The first-order valence-corrected chi connectivity index (χ1v) is 10.3. The number of rotatable bonds is 3. The second-order valence-electron chi connectivity index (χ2n) is 8.37. The molecule has 0 saturated carbocycles. The molecule has 3 aliphatic rings. The van der Waals surface area contributed by atoms with Crippen molar-refractivity contribution in [2.75, 3.05) is 53.1 Å². The van der Waals surface area contributed by atoms with Crippen LogP contribution >= 0.6 is 0 Å². The molecule has 3 heterocycles. The average molecular weight is 416 g/mol. The Kier molecular flexibility index (Phi) is 5.55. The predicted octanol–water partition coefficient (Wildman–Crippen LogP) is 0.0441. The zero-order chi connectivity index (χ0) is 21.3. The van der Waals surface area contributed by atoms with Gasteiger partial charge in [0.2, 0.25) is 12.7 Å². The molecule has 1 atom stereocenters. The smallest absolute Gasteiger partial charge is 0.312 e.